The standard InChI is InChI=1S/C37H42N4O6/c1-3-30-34(36(43)44)32(26-15-17-29(18-16-26)41(45)46)33(31(39-30)25-47-2)35(42)38-21-10-22-40-23-19-37(20-24-40,27-11-6-4-7-12-27)28-13-8-5-9-14-28/h4-9,11-18,32,34H,3,10,19-25H2,1-2H3,(H,38,42)(H,43,44). The van der Waals surface area contributed by atoms with Gasteiger partial charge in [0.2, 0.25) is 5.91 Å². The Morgan fingerprint density at radius 3 is 2.11 bits per heavy atom. The summed E-state index contributed by atoms with van der Waals surface area (Å²) in [4.78, 5) is 44.3. The third-order valence-electron chi connectivity index (χ3n) is 9.51. The molecule has 2 aliphatic heterocycles. The van der Waals surface area contributed by atoms with Crippen molar-refractivity contribution in [3.05, 3.63) is 123 Å². The Morgan fingerprint density at radius 1 is 1.00 bits per heavy atom. The summed E-state index contributed by atoms with van der Waals surface area (Å²) in [6.07, 6.45) is 3.07. The quantitative estimate of drug-likeness (QED) is 0.139. The van der Waals surface area contributed by atoms with E-state index in [0.29, 0.717) is 29.9 Å². The van der Waals surface area contributed by atoms with Gasteiger partial charge in [0.25, 0.3) is 5.69 Å². The first-order chi connectivity index (χ1) is 22.8. The maximum Gasteiger partial charge on any atom is 0.313 e. The number of nitro groups is 1. The maximum atomic E-state index is 13.8. The van der Waals surface area contributed by atoms with Gasteiger partial charge in [0.1, 0.15) is 5.92 Å². The van der Waals surface area contributed by atoms with Crippen molar-refractivity contribution in [3.63, 3.8) is 0 Å². The number of hydrogen-bond acceptors (Lipinski definition) is 7. The molecule has 1 amide bonds. The van der Waals surface area contributed by atoms with Gasteiger partial charge in [0.15, 0.2) is 0 Å². The number of benzene rings is 3. The van der Waals surface area contributed by atoms with Gasteiger partial charge in [-0.3, -0.25) is 24.7 Å². The third kappa shape index (κ3) is 7.34. The number of amides is 1. The molecule has 246 valence electrons. The minimum atomic E-state index is -1.11. The molecule has 3 aromatic carbocycles. The van der Waals surface area contributed by atoms with Crippen molar-refractivity contribution >= 4 is 23.3 Å². The van der Waals surface area contributed by atoms with Crippen LogP contribution in [0.1, 0.15) is 55.2 Å². The Labute approximate surface area is 275 Å². The van der Waals surface area contributed by atoms with Crippen molar-refractivity contribution in [2.24, 2.45) is 10.9 Å². The molecule has 0 saturated carbocycles. The van der Waals surface area contributed by atoms with Crippen LogP contribution in [0, 0.1) is 16.0 Å². The number of nitro benzene ring substituents is 1. The van der Waals surface area contributed by atoms with E-state index in [1.807, 2.05) is 6.92 Å². The fourth-order valence-corrected chi connectivity index (χ4v) is 7.12. The molecule has 0 radical (unpaired) electrons. The molecule has 1 fully saturated rings. The van der Waals surface area contributed by atoms with E-state index in [9.17, 15) is 24.8 Å². The lowest BCUT2D eigenvalue weighted by Gasteiger charge is -2.43. The van der Waals surface area contributed by atoms with E-state index in [0.717, 1.165) is 38.9 Å². The summed E-state index contributed by atoms with van der Waals surface area (Å²) < 4.78 is 5.38. The fourth-order valence-electron chi connectivity index (χ4n) is 7.12. The monoisotopic (exact) mass is 638 g/mol. The largest absolute Gasteiger partial charge is 0.481 e. The van der Waals surface area contributed by atoms with Gasteiger partial charge in [0.05, 0.1) is 17.2 Å². The molecular formula is C37H42N4O6. The van der Waals surface area contributed by atoms with Crippen molar-refractivity contribution < 1.29 is 24.4 Å². The maximum absolute atomic E-state index is 13.8. The Morgan fingerprint density at radius 2 is 1.60 bits per heavy atom. The number of nitrogens with zero attached hydrogens (tertiary/aromatic N) is 3. The second-order valence-electron chi connectivity index (χ2n) is 12.2. The lowest BCUT2D eigenvalue weighted by atomic mass is 9.68. The van der Waals surface area contributed by atoms with Crippen molar-refractivity contribution in [3.8, 4) is 0 Å². The number of non-ortho nitro benzene ring substituents is 1. The summed E-state index contributed by atoms with van der Waals surface area (Å²) in [7, 11) is 1.50. The molecule has 47 heavy (non-hydrogen) atoms. The predicted octanol–water partition coefficient (Wildman–Crippen LogP) is 5.73. The molecule has 2 atom stereocenters. The number of nitrogens with one attached hydrogen (secondary N) is 1. The average molecular weight is 639 g/mol. The summed E-state index contributed by atoms with van der Waals surface area (Å²) in [6, 6.07) is 27.1. The van der Waals surface area contributed by atoms with Gasteiger partial charge < -0.3 is 20.1 Å². The molecule has 2 N–H and O–H groups in total. The van der Waals surface area contributed by atoms with Crippen LogP contribution in [0.15, 0.2) is 101 Å². The molecule has 0 aliphatic carbocycles. The molecule has 0 bridgehead atoms. The van der Waals surface area contributed by atoms with Crippen LogP contribution in [0.3, 0.4) is 0 Å². The van der Waals surface area contributed by atoms with Crippen LogP contribution in [0.4, 0.5) is 5.69 Å². The Hall–Kier alpha value is -4.67. The van der Waals surface area contributed by atoms with Crippen molar-refractivity contribution in [1.82, 2.24) is 10.2 Å². The SMILES string of the molecule is CCC1=NC(COC)=C(C(=O)NCCCN2CCC(c3ccccc3)(c3ccccc3)CC2)C(c2ccc([N+](=O)[O-])cc2)C1C(=O)O. The van der Waals surface area contributed by atoms with Crippen molar-refractivity contribution in [2.75, 3.05) is 39.9 Å². The Kier molecular flexibility index (Phi) is 11.0. The number of methoxy groups -OCH3 is 1. The molecule has 10 nitrogen and oxygen atoms in total. The Balaban J connectivity index is 1.28. The van der Waals surface area contributed by atoms with Crippen LogP contribution in [0.2, 0.25) is 0 Å². The first kappa shape index (κ1) is 33.7. The van der Waals surface area contributed by atoms with Crippen molar-refractivity contribution in [1.29, 1.82) is 0 Å². The lowest BCUT2D eigenvalue weighted by Crippen LogP contribution is -2.44. The van der Waals surface area contributed by atoms with Gasteiger partial charge in [-0.15, -0.1) is 0 Å². The number of hydrogen-bond donors (Lipinski definition) is 2. The zero-order valence-corrected chi connectivity index (χ0v) is 26.9. The third-order valence-corrected chi connectivity index (χ3v) is 9.51. The molecule has 1 saturated heterocycles. The second kappa shape index (κ2) is 15.3. The summed E-state index contributed by atoms with van der Waals surface area (Å²) in [5, 5.41) is 24.6. The van der Waals surface area contributed by atoms with E-state index in [4.69, 9.17) is 4.74 Å². The van der Waals surface area contributed by atoms with Gasteiger partial charge in [-0.25, -0.2) is 0 Å². The number of rotatable bonds is 13. The second-order valence-corrected chi connectivity index (χ2v) is 12.2. The summed E-state index contributed by atoms with van der Waals surface area (Å²) in [5.74, 6) is -3.48. The zero-order chi connectivity index (χ0) is 33.4. The number of piperidine rings is 1. The predicted molar refractivity (Wildman–Crippen MR) is 181 cm³/mol. The summed E-state index contributed by atoms with van der Waals surface area (Å²) in [6.45, 7) is 4.92. The van der Waals surface area contributed by atoms with Crippen LogP contribution in [0.25, 0.3) is 0 Å². The van der Waals surface area contributed by atoms with Crippen LogP contribution < -0.4 is 5.32 Å². The number of ether oxygens (including phenoxy) is 1. The van der Waals surface area contributed by atoms with Gasteiger partial charge in [0, 0.05) is 48.4 Å². The van der Waals surface area contributed by atoms with E-state index >= 15 is 0 Å². The van der Waals surface area contributed by atoms with Crippen LogP contribution >= 0.6 is 0 Å². The molecule has 10 heteroatoms. The average Bonchev–Trinajstić information content (AvgIpc) is 3.10. The van der Waals surface area contributed by atoms with Gasteiger partial charge in [-0.05, 0) is 62.0 Å². The molecule has 5 rings (SSSR count). The van der Waals surface area contributed by atoms with E-state index in [1.54, 1.807) is 0 Å². The van der Waals surface area contributed by atoms with Gasteiger partial charge in [-0.1, -0.05) is 79.7 Å². The number of carbonyl (C=O) groups excluding carboxylic acids is 1. The van der Waals surface area contributed by atoms with E-state index < -0.39 is 28.6 Å². The number of aliphatic carboxylic acids is 1. The van der Waals surface area contributed by atoms with Crippen LogP contribution in [-0.2, 0) is 19.7 Å². The highest BCUT2D eigenvalue weighted by Gasteiger charge is 2.43. The van der Waals surface area contributed by atoms with Gasteiger partial charge in [-0.2, -0.15) is 0 Å². The first-order valence-electron chi connectivity index (χ1n) is 16.2. The topological polar surface area (TPSA) is 134 Å². The molecule has 2 unspecified atom stereocenters. The molecule has 2 aliphatic rings. The number of aliphatic imine (C=N–C) groups is 1. The Bertz CT molecular complexity index is 1570. The lowest BCUT2D eigenvalue weighted by molar-refractivity contribution is -0.384. The van der Waals surface area contributed by atoms with Gasteiger partial charge >= 0.3 is 5.97 Å². The smallest absolute Gasteiger partial charge is 0.313 e. The molecule has 0 aromatic heterocycles. The molecular weight excluding hydrogens is 596 g/mol. The summed E-state index contributed by atoms with van der Waals surface area (Å²) >= 11 is 0. The number of likely N-dealkylation sites (tertiary alicyclic amines) is 1. The fraction of sp³-hybridized carbons (Fsp3) is 0.378. The zero-order valence-electron chi connectivity index (χ0n) is 26.9. The highest BCUT2D eigenvalue weighted by molar-refractivity contribution is 6.08. The van der Waals surface area contributed by atoms with E-state index in [-0.39, 0.29) is 23.3 Å². The van der Waals surface area contributed by atoms with E-state index in [2.05, 4.69) is 75.9 Å². The van der Waals surface area contributed by atoms with Crippen molar-refractivity contribution in [2.45, 2.75) is 43.9 Å². The van der Waals surface area contributed by atoms with Crippen LogP contribution in [0.5, 0.6) is 0 Å². The number of carbonyl (C=O) groups is 2. The molecule has 3 aromatic rings. The minimum absolute atomic E-state index is 0.0282. The molecule has 0 spiro atoms. The minimum Gasteiger partial charge on any atom is -0.481 e. The van der Waals surface area contributed by atoms with E-state index in [1.165, 1.54) is 42.5 Å². The normalized spacial score (nSPS) is 19.6. The number of carboxylic acids is 1. The molecule has 2 heterocycles. The highest BCUT2D eigenvalue weighted by Crippen LogP contribution is 2.42. The summed E-state index contributed by atoms with van der Waals surface area (Å²) in [5.41, 5.74) is 4.03. The first-order valence-corrected chi connectivity index (χ1v) is 16.2. The highest BCUT2D eigenvalue weighted by atomic mass is 16.6. The van der Waals surface area contributed by atoms with Crippen LogP contribution in [-0.4, -0.2) is 72.4 Å². The number of carboxylic acid groups (broad SMARTS) is 1.